The zero-order valence-corrected chi connectivity index (χ0v) is 20.7. The van der Waals surface area contributed by atoms with Crippen molar-refractivity contribution in [2.75, 3.05) is 6.54 Å². The van der Waals surface area contributed by atoms with Crippen molar-refractivity contribution >= 4 is 5.97 Å². The van der Waals surface area contributed by atoms with Gasteiger partial charge in [0.05, 0.1) is 18.1 Å². The Kier molecular flexibility index (Phi) is 15.8. The van der Waals surface area contributed by atoms with Crippen LogP contribution in [-0.4, -0.2) is 40.0 Å². The van der Waals surface area contributed by atoms with Gasteiger partial charge in [-0.25, -0.2) is 0 Å². The number of benzene rings is 1. The van der Waals surface area contributed by atoms with Crippen molar-refractivity contribution < 1.29 is 20.1 Å². The van der Waals surface area contributed by atoms with Gasteiger partial charge in [-0.3, -0.25) is 4.79 Å². The molecule has 0 saturated heterocycles. The molecule has 0 aliphatic rings. The van der Waals surface area contributed by atoms with Gasteiger partial charge in [-0.2, -0.15) is 0 Å². The monoisotopic (exact) mass is 461 g/mol. The van der Waals surface area contributed by atoms with E-state index in [1.165, 1.54) is 5.56 Å². The average molecular weight is 462 g/mol. The van der Waals surface area contributed by atoms with E-state index in [0.717, 1.165) is 70.6 Å². The Balaban J connectivity index is 2.69. The maximum Gasteiger partial charge on any atom is 0.309 e. The van der Waals surface area contributed by atoms with Crippen LogP contribution in [0.5, 0.6) is 0 Å². The van der Waals surface area contributed by atoms with E-state index in [1.807, 2.05) is 24.3 Å². The van der Waals surface area contributed by atoms with Crippen LogP contribution in [0, 0.1) is 17.8 Å². The summed E-state index contributed by atoms with van der Waals surface area (Å²) in [6, 6.07) is 10.1. The fourth-order valence-electron chi connectivity index (χ4n) is 4.84. The first-order chi connectivity index (χ1) is 15.9. The summed E-state index contributed by atoms with van der Waals surface area (Å²) in [5, 5.41) is 30.2. The van der Waals surface area contributed by atoms with Crippen molar-refractivity contribution in [1.82, 2.24) is 0 Å². The predicted molar refractivity (Wildman–Crippen MR) is 136 cm³/mol. The zero-order valence-electron chi connectivity index (χ0n) is 20.7. The SMILES string of the molecule is CCCCC[C@@H](O)/C=C\CCCC[C@H](CCN)[C@H](CCc1ccccc1)[C@H](C(=O)O)[C@H](C)O. The summed E-state index contributed by atoms with van der Waals surface area (Å²) in [4.78, 5) is 12.1. The van der Waals surface area contributed by atoms with Gasteiger partial charge in [-0.05, 0) is 69.4 Å². The molecule has 0 heterocycles. The molecule has 0 fully saturated rings. The molecule has 5 heteroatoms. The first kappa shape index (κ1) is 29.3. The van der Waals surface area contributed by atoms with Gasteiger partial charge in [0, 0.05) is 0 Å². The number of carboxylic acid groups (broad SMARTS) is 1. The number of rotatable bonds is 19. The first-order valence-corrected chi connectivity index (χ1v) is 12.9. The van der Waals surface area contributed by atoms with Crippen LogP contribution in [0.2, 0.25) is 0 Å². The van der Waals surface area contributed by atoms with Crippen LogP contribution in [0.1, 0.15) is 83.6 Å². The van der Waals surface area contributed by atoms with Crippen LogP contribution in [0.25, 0.3) is 0 Å². The van der Waals surface area contributed by atoms with Gasteiger partial charge in [0.15, 0.2) is 0 Å². The lowest BCUT2D eigenvalue weighted by atomic mass is 9.72. The van der Waals surface area contributed by atoms with E-state index in [2.05, 4.69) is 25.1 Å². The van der Waals surface area contributed by atoms with Gasteiger partial charge in [0.1, 0.15) is 0 Å². The Morgan fingerprint density at radius 1 is 1.00 bits per heavy atom. The van der Waals surface area contributed by atoms with Crippen molar-refractivity contribution in [3.63, 3.8) is 0 Å². The predicted octanol–water partition coefficient (Wildman–Crippen LogP) is 5.34. The third kappa shape index (κ3) is 12.4. The minimum absolute atomic E-state index is 0.123. The van der Waals surface area contributed by atoms with E-state index in [9.17, 15) is 20.1 Å². The number of aliphatic hydroxyl groups excluding tert-OH is 2. The molecule has 1 aromatic rings. The second-order valence-electron chi connectivity index (χ2n) is 9.41. The number of aliphatic carboxylic acids is 1. The fourth-order valence-corrected chi connectivity index (χ4v) is 4.84. The van der Waals surface area contributed by atoms with Gasteiger partial charge in [-0.15, -0.1) is 0 Å². The van der Waals surface area contributed by atoms with Crippen molar-refractivity contribution in [1.29, 1.82) is 0 Å². The molecule has 0 bridgehead atoms. The van der Waals surface area contributed by atoms with Crippen LogP contribution in [0.15, 0.2) is 42.5 Å². The first-order valence-electron chi connectivity index (χ1n) is 12.9. The molecule has 33 heavy (non-hydrogen) atoms. The molecule has 0 unspecified atom stereocenters. The lowest BCUT2D eigenvalue weighted by Gasteiger charge is -2.33. The molecular weight excluding hydrogens is 414 g/mol. The van der Waals surface area contributed by atoms with Crippen molar-refractivity contribution in [2.24, 2.45) is 23.5 Å². The molecule has 5 nitrogen and oxygen atoms in total. The van der Waals surface area contributed by atoms with E-state index >= 15 is 0 Å². The maximum absolute atomic E-state index is 12.1. The number of aliphatic hydroxyl groups is 2. The van der Waals surface area contributed by atoms with Gasteiger partial charge in [0.25, 0.3) is 0 Å². The third-order valence-corrected chi connectivity index (χ3v) is 6.68. The summed E-state index contributed by atoms with van der Waals surface area (Å²) < 4.78 is 0. The molecule has 1 aromatic carbocycles. The molecule has 0 aliphatic heterocycles. The highest BCUT2D eigenvalue weighted by Gasteiger charge is 2.36. The molecule has 0 amide bonds. The Bertz CT molecular complexity index is 647. The van der Waals surface area contributed by atoms with E-state index < -0.39 is 18.0 Å². The topological polar surface area (TPSA) is 104 Å². The summed E-state index contributed by atoms with van der Waals surface area (Å²) in [6.07, 6.45) is 13.0. The Morgan fingerprint density at radius 2 is 1.70 bits per heavy atom. The molecule has 1 rings (SSSR count). The molecule has 0 aromatic heterocycles. The minimum atomic E-state index is -0.926. The lowest BCUT2D eigenvalue weighted by molar-refractivity contribution is -0.149. The second-order valence-corrected chi connectivity index (χ2v) is 9.41. The average Bonchev–Trinajstić information content (AvgIpc) is 2.78. The summed E-state index contributed by atoms with van der Waals surface area (Å²) in [5.74, 6) is -1.67. The summed E-state index contributed by atoms with van der Waals surface area (Å²) >= 11 is 0. The quantitative estimate of drug-likeness (QED) is 0.164. The van der Waals surface area contributed by atoms with Crippen LogP contribution in [-0.2, 0) is 11.2 Å². The van der Waals surface area contributed by atoms with Crippen LogP contribution in [0.3, 0.4) is 0 Å². The number of hydrogen-bond acceptors (Lipinski definition) is 4. The number of aryl methyl sites for hydroxylation is 1. The number of allylic oxidation sites excluding steroid dienone is 1. The van der Waals surface area contributed by atoms with Crippen molar-refractivity contribution in [3.8, 4) is 0 Å². The molecule has 5 atom stereocenters. The van der Waals surface area contributed by atoms with Gasteiger partial charge >= 0.3 is 5.97 Å². The van der Waals surface area contributed by atoms with Gasteiger partial charge < -0.3 is 21.1 Å². The van der Waals surface area contributed by atoms with E-state index in [-0.39, 0.29) is 17.9 Å². The van der Waals surface area contributed by atoms with E-state index in [0.29, 0.717) is 6.54 Å². The zero-order chi connectivity index (χ0) is 24.5. The smallest absolute Gasteiger partial charge is 0.309 e. The number of nitrogens with two attached hydrogens (primary N) is 1. The fraction of sp³-hybridized carbons (Fsp3) is 0.679. The number of unbranched alkanes of at least 4 members (excludes halogenated alkanes) is 4. The second kappa shape index (κ2) is 17.7. The van der Waals surface area contributed by atoms with Crippen LogP contribution in [0.4, 0.5) is 0 Å². The number of carboxylic acids is 1. The minimum Gasteiger partial charge on any atom is -0.481 e. The highest BCUT2D eigenvalue weighted by molar-refractivity contribution is 5.71. The summed E-state index contributed by atoms with van der Waals surface area (Å²) in [6.45, 7) is 4.26. The van der Waals surface area contributed by atoms with Crippen LogP contribution >= 0.6 is 0 Å². The van der Waals surface area contributed by atoms with Crippen molar-refractivity contribution in [3.05, 3.63) is 48.0 Å². The largest absolute Gasteiger partial charge is 0.481 e. The molecule has 188 valence electrons. The normalized spacial score (nSPS) is 16.4. The van der Waals surface area contributed by atoms with E-state index in [1.54, 1.807) is 6.92 Å². The standard InChI is InChI=1S/C28H47NO4/c1-3-4-8-16-25(31)17-12-6-5-11-15-24(20-21-29)26(27(22(2)30)28(32)33)19-18-23-13-9-7-10-14-23/h7,9-10,12-14,17,22,24-27,30-31H,3-6,8,11,15-16,18-21,29H2,1-2H3,(H,32,33)/b17-12-/t22-,24+,25+,26-,27+/m0/s1. The van der Waals surface area contributed by atoms with Gasteiger partial charge in [0.2, 0.25) is 0 Å². The number of hydrogen-bond donors (Lipinski definition) is 4. The van der Waals surface area contributed by atoms with Gasteiger partial charge in [-0.1, -0.05) is 81.5 Å². The molecule has 0 saturated carbocycles. The molecule has 0 aliphatic carbocycles. The highest BCUT2D eigenvalue weighted by atomic mass is 16.4. The Hall–Kier alpha value is -1.69. The molecule has 0 radical (unpaired) electrons. The number of carbonyl (C=O) groups is 1. The molecule has 0 spiro atoms. The lowest BCUT2D eigenvalue weighted by Crippen LogP contribution is -2.38. The maximum atomic E-state index is 12.1. The summed E-state index contributed by atoms with van der Waals surface area (Å²) in [7, 11) is 0. The molecule has 5 N–H and O–H groups in total. The van der Waals surface area contributed by atoms with Crippen LogP contribution < -0.4 is 5.73 Å². The summed E-state index contributed by atoms with van der Waals surface area (Å²) in [5.41, 5.74) is 7.10. The highest BCUT2D eigenvalue weighted by Crippen LogP contribution is 2.34. The Morgan fingerprint density at radius 3 is 2.30 bits per heavy atom. The van der Waals surface area contributed by atoms with Crippen molar-refractivity contribution in [2.45, 2.75) is 96.7 Å². The van der Waals surface area contributed by atoms with E-state index in [4.69, 9.17) is 5.73 Å². The third-order valence-electron chi connectivity index (χ3n) is 6.68. The Labute approximate surface area is 201 Å². The molecular formula is C28H47NO4.